The number of ether oxygens (including phenoxy) is 1. The standard InChI is InChI=1S/C37H38N4O4S/c1-29-18-20-34(21-19-29)46(43,44)41-24-22-39(23-25-41)35(36(42)45-2)26-33-27-40(28-38-33)37(30-12-6-3-7-13-30,31-14-8-4-9-15-31)32-16-10-5-11-17-32/h3-21,27-28,35H,22-26H2,1-2H3. The van der Waals surface area contributed by atoms with E-state index in [1.54, 1.807) is 24.3 Å². The summed E-state index contributed by atoms with van der Waals surface area (Å²) in [4.78, 5) is 20.3. The van der Waals surface area contributed by atoms with Crippen molar-refractivity contribution in [2.45, 2.75) is 29.8 Å². The van der Waals surface area contributed by atoms with Crippen LogP contribution in [0.5, 0.6) is 0 Å². The second-order valence-electron chi connectivity index (χ2n) is 11.6. The Balaban J connectivity index is 1.30. The molecule has 2 heterocycles. The molecule has 0 saturated carbocycles. The molecule has 1 aromatic heterocycles. The van der Waals surface area contributed by atoms with E-state index in [1.165, 1.54) is 11.4 Å². The van der Waals surface area contributed by atoms with Gasteiger partial charge in [0.2, 0.25) is 10.0 Å². The minimum atomic E-state index is -3.63. The first-order valence-electron chi connectivity index (χ1n) is 15.4. The zero-order valence-corrected chi connectivity index (χ0v) is 26.9. The molecule has 0 N–H and O–H groups in total. The van der Waals surface area contributed by atoms with Gasteiger partial charge in [-0.25, -0.2) is 13.4 Å². The molecule has 1 fully saturated rings. The van der Waals surface area contributed by atoms with Gasteiger partial charge in [-0.2, -0.15) is 4.31 Å². The number of aryl methyl sites for hydroxylation is 1. The fourth-order valence-corrected chi connectivity index (χ4v) is 7.87. The Bertz CT molecular complexity index is 1760. The fourth-order valence-electron chi connectivity index (χ4n) is 6.45. The van der Waals surface area contributed by atoms with Gasteiger partial charge in [-0.15, -0.1) is 0 Å². The van der Waals surface area contributed by atoms with E-state index in [1.807, 2.05) is 78.9 Å². The lowest BCUT2D eigenvalue weighted by Crippen LogP contribution is -2.54. The number of piperazine rings is 1. The smallest absolute Gasteiger partial charge is 0.323 e. The highest BCUT2D eigenvalue weighted by atomic mass is 32.2. The number of hydrogen-bond acceptors (Lipinski definition) is 6. The summed E-state index contributed by atoms with van der Waals surface area (Å²) < 4.78 is 35.5. The van der Waals surface area contributed by atoms with E-state index in [0.29, 0.717) is 19.5 Å². The molecule has 0 radical (unpaired) electrons. The van der Waals surface area contributed by atoms with Crippen molar-refractivity contribution in [1.82, 2.24) is 18.8 Å². The van der Waals surface area contributed by atoms with Crippen molar-refractivity contribution in [3.8, 4) is 0 Å². The first-order chi connectivity index (χ1) is 22.3. The van der Waals surface area contributed by atoms with Crippen molar-refractivity contribution < 1.29 is 17.9 Å². The summed E-state index contributed by atoms with van der Waals surface area (Å²) in [5, 5.41) is 0. The van der Waals surface area contributed by atoms with Crippen LogP contribution in [-0.4, -0.2) is 72.5 Å². The molecule has 1 unspecified atom stereocenters. The highest BCUT2D eigenvalue weighted by Gasteiger charge is 2.39. The highest BCUT2D eigenvalue weighted by Crippen LogP contribution is 2.40. The van der Waals surface area contributed by atoms with Gasteiger partial charge < -0.3 is 9.30 Å². The summed E-state index contributed by atoms with van der Waals surface area (Å²) in [6.45, 7) is 3.27. The van der Waals surface area contributed by atoms with Gasteiger partial charge in [0.25, 0.3) is 0 Å². The van der Waals surface area contributed by atoms with Crippen molar-refractivity contribution in [3.63, 3.8) is 0 Å². The molecule has 1 atom stereocenters. The Morgan fingerprint density at radius 2 is 1.28 bits per heavy atom. The number of carbonyl (C=O) groups excluding carboxylic acids is 1. The van der Waals surface area contributed by atoms with Crippen molar-refractivity contribution >= 4 is 16.0 Å². The van der Waals surface area contributed by atoms with Crippen LogP contribution in [0.3, 0.4) is 0 Å². The summed E-state index contributed by atoms with van der Waals surface area (Å²) >= 11 is 0. The molecule has 1 aliphatic heterocycles. The van der Waals surface area contributed by atoms with Gasteiger partial charge in [0.15, 0.2) is 0 Å². The minimum Gasteiger partial charge on any atom is -0.468 e. The zero-order valence-electron chi connectivity index (χ0n) is 26.1. The molecule has 0 amide bonds. The molecule has 6 rings (SSSR count). The van der Waals surface area contributed by atoms with Crippen molar-refractivity contribution in [2.24, 2.45) is 0 Å². The number of rotatable bonds is 10. The fraction of sp³-hybridized carbons (Fsp3) is 0.243. The number of nitrogens with zero attached hydrogens (tertiary/aromatic N) is 4. The lowest BCUT2D eigenvalue weighted by atomic mass is 9.77. The molecule has 8 nitrogen and oxygen atoms in total. The quantitative estimate of drug-likeness (QED) is 0.157. The van der Waals surface area contributed by atoms with Crippen LogP contribution < -0.4 is 0 Å². The minimum absolute atomic E-state index is 0.275. The van der Waals surface area contributed by atoms with E-state index in [4.69, 9.17) is 9.72 Å². The van der Waals surface area contributed by atoms with Crippen LogP contribution in [0.25, 0.3) is 0 Å². The third-order valence-corrected chi connectivity index (χ3v) is 10.8. The Hall–Kier alpha value is -4.57. The monoisotopic (exact) mass is 634 g/mol. The van der Waals surface area contributed by atoms with Gasteiger partial charge >= 0.3 is 5.97 Å². The number of imidazole rings is 1. The lowest BCUT2D eigenvalue weighted by Gasteiger charge is -2.38. The van der Waals surface area contributed by atoms with Crippen LogP contribution >= 0.6 is 0 Å². The number of hydrogen-bond donors (Lipinski definition) is 0. The normalized spacial score (nSPS) is 15.3. The van der Waals surface area contributed by atoms with Crippen LogP contribution in [0.2, 0.25) is 0 Å². The van der Waals surface area contributed by atoms with E-state index in [0.717, 1.165) is 27.9 Å². The van der Waals surface area contributed by atoms with Gasteiger partial charge in [-0.1, -0.05) is 109 Å². The largest absolute Gasteiger partial charge is 0.468 e. The van der Waals surface area contributed by atoms with Crippen molar-refractivity contribution in [1.29, 1.82) is 0 Å². The van der Waals surface area contributed by atoms with Gasteiger partial charge in [-0.3, -0.25) is 9.69 Å². The average molecular weight is 635 g/mol. The second-order valence-corrected chi connectivity index (χ2v) is 13.5. The first-order valence-corrected chi connectivity index (χ1v) is 16.9. The number of esters is 1. The van der Waals surface area contributed by atoms with E-state index in [2.05, 4.69) is 41.0 Å². The van der Waals surface area contributed by atoms with E-state index < -0.39 is 21.6 Å². The van der Waals surface area contributed by atoms with E-state index in [-0.39, 0.29) is 24.0 Å². The summed E-state index contributed by atoms with van der Waals surface area (Å²) in [6, 6.07) is 37.3. The average Bonchev–Trinajstić information content (AvgIpc) is 3.58. The lowest BCUT2D eigenvalue weighted by molar-refractivity contribution is -0.147. The Morgan fingerprint density at radius 1 is 0.783 bits per heavy atom. The molecular formula is C37H38N4O4S. The topological polar surface area (TPSA) is 84.7 Å². The molecule has 0 aliphatic carbocycles. The third-order valence-electron chi connectivity index (χ3n) is 8.85. The number of carbonyl (C=O) groups is 1. The van der Waals surface area contributed by atoms with Crippen molar-refractivity contribution in [3.05, 3.63) is 156 Å². The van der Waals surface area contributed by atoms with E-state index >= 15 is 0 Å². The highest BCUT2D eigenvalue weighted by molar-refractivity contribution is 7.89. The maximum atomic E-state index is 13.3. The predicted octanol–water partition coefficient (Wildman–Crippen LogP) is 5.12. The van der Waals surface area contributed by atoms with Gasteiger partial charge in [0.05, 0.1) is 24.0 Å². The zero-order chi connectivity index (χ0) is 32.1. The molecule has 5 aromatic rings. The maximum absolute atomic E-state index is 13.3. The van der Waals surface area contributed by atoms with Crippen molar-refractivity contribution in [2.75, 3.05) is 33.3 Å². The molecule has 9 heteroatoms. The van der Waals surface area contributed by atoms with Crippen LogP contribution in [-0.2, 0) is 31.5 Å². The molecule has 0 bridgehead atoms. The van der Waals surface area contributed by atoms with Crippen LogP contribution in [0.1, 0.15) is 27.9 Å². The van der Waals surface area contributed by atoms with Crippen LogP contribution in [0.15, 0.2) is 133 Å². The van der Waals surface area contributed by atoms with Gasteiger partial charge in [-0.05, 0) is 35.7 Å². The number of sulfonamides is 1. The molecule has 0 spiro atoms. The van der Waals surface area contributed by atoms with Gasteiger partial charge in [0.1, 0.15) is 11.6 Å². The van der Waals surface area contributed by atoms with Crippen LogP contribution in [0, 0.1) is 6.92 Å². The summed E-state index contributed by atoms with van der Waals surface area (Å²) in [7, 11) is -2.24. The molecule has 236 valence electrons. The molecular weight excluding hydrogens is 596 g/mol. The first kappa shape index (κ1) is 31.4. The summed E-state index contributed by atoms with van der Waals surface area (Å²) in [5.74, 6) is -0.371. The molecule has 4 aromatic carbocycles. The molecule has 1 aliphatic rings. The van der Waals surface area contributed by atoms with Crippen LogP contribution in [0.4, 0.5) is 0 Å². The maximum Gasteiger partial charge on any atom is 0.323 e. The Morgan fingerprint density at radius 3 is 1.76 bits per heavy atom. The number of methoxy groups -OCH3 is 1. The Kier molecular flexibility index (Phi) is 9.17. The SMILES string of the molecule is COC(=O)C(Cc1cn(C(c2ccccc2)(c2ccccc2)c2ccccc2)cn1)N1CCN(S(=O)(=O)c2ccc(C)cc2)CC1. The third kappa shape index (κ3) is 6.01. The van der Waals surface area contributed by atoms with Gasteiger partial charge in [0, 0.05) is 38.8 Å². The number of aromatic nitrogens is 2. The molecule has 1 saturated heterocycles. The summed E-state index contributed by atoms with van der Waals surface area (Å²) in [5.41, 5.74) is 4.24. The second kappa shape index (κ2) is 13.4. The Labute approximate surface area is 270 Å². The number of benzene rings is 4. The predicted molar refractivity (Wildman–Crippen MR) is 178 cm³/mol. The van der Waals surface area contributed by atoms with E-state index in [9.17, 15) is 13.2 Å². The molecule has 46 heavy (non-hydrogen) atoms. The summed E-state index contributed by atoms with van der Waals surface area (Å²) in [6.07, 6.45) is 4.17.